The third-order valence-electron chi connectivity index (χ3n) is 4.20. The maximum absolute atomic E-state index is 12.0. The Morgan fingerprint density at radius 3 is 2.04 bits per heavy atom. The molecular weight excluding hydrogens is 302 g/mol. The van der Waals surface area contributed by atoms with Crippen molar-refractivity contribution in [3.8, 4) is 0 Å². The van der Waals surface area contributed by atoms with Crippen molar-refractivity contribution in [3.63, 3.8) is 0 Å². The fourth-order valence-electron chi connectivity index (χ4n) is 2.97. The van der Waals surface area contributed by atoms with E-state index in [0.29, 0.717) is 24.9 Å². The molecule has 3 N–H and O–H groups in total. The molecule has 1 aromatic rings. The van der Waals surface area contributed by atoms with Gasteiger partial charge >= 0.3 is 0 Å². The highest BCUT2D eigenvalue weighted by molar-refractivity contribution is 5.93. The third-order valence-corrected chi connectivity index (χ3v) is 4.20. The number of benzene rings is 1. The highest BCUT2D eigenvalue weighted by atomic mass is 16.2. The minimum Gasteiger partial charge on any atom is -0.326 e. The molecule has 0 unspecified atom stereocenters. The predicted molar refractivity (Wildman–Crippen MR) is 98.0 cm³/mol. The zero-order chi connectivity index (χ0) is 17.4. The average Bonchev–Trinajstić information content (AvgIpc) is 2.55. The number of anilines is 2. The van der Waals surface area contributed by atoms with Gasteiger partial charge in [-0.1, -0.05) is 33.1 Å². The molecule has 24 heavy (non-hydrogen) atoms. The van der Waals surface area contributed by atoms with Gasteiger partial charge in [-0.2, -0.15) is 0 Å². The van der Waals surface area contributed by atoms with Crippen molar-refractivity contribution >= 4 is 23.2 Å². The van der Waals surface area contributed by atoms with Crippen LogP contribution in [0.1, 0.15) is 52.4 Å². The van der Waals surface area contributed by atoms with E-state index in [9.17, 15) is 9.59 Å². The summed E-state index contributed by atoms with van der Waals surface area (Å²) in [5.41, 5.74) is 1.49. The molecule has 0 radical (unpaired) electrons. The normalized spacial score (nSPS) is 15.3. The summed E-state index contributed by atoms with van der Waals surface area (Å²) in [5, 5.41) is 9.07. The first-order valence-corrected chi connectivity index (χ1v) is 8.96. The van der Waals surface area contributed by atoms with E-state index in [1.54, 1.807) is 0 Å². The lowest BCUT2D eigenvalue weighted by molar-refractivity contribution is -0.117. The second-order valence-corrected chi connectivity index (χ2v) is 6.99. The minimum atomic E-state index is -0.0304. The lowest BCUT2D eigenvalue weighted by Crippen LogP contribution is -2.37. The van der Waals surface area contributed by atoms with Crippen molar-refractivity contribution in [2.24, 2.45) is 5.92 Å². The van der Waals surface area contributed by atoms with Crippen molar-refractivity contribution in [3.05, 3.63) is 24.3 Å². The van der Waals surface area contributed by atoms with Gasteiger partial charge in [0.1, 0.15) is 0 Å². The van der Waals surface area contributed by atoms with Crippen molar-refractivity contribution in [2.75, 3.05) is 17.2 Å². The molecule has 0 bridgehead atoms. The Bertz CT molecular complexity index is 534. The molecule has 0 spiro atoms. The van der Waals surface area contributed by atoms with Crippen molar-refractivity contribution in [2.45, 2.75) is 58.4 Å². The molecule has 0 aromatic heterocycles. The summed E-state index contributed by atoms with van der Waals surface area (Å²) in [4.78, 5) is 23.7. The van der Waals surface area contributed by atoms with E-state index >= 15 is 0 Å². The van der Waals surface area contributed by atoms with E-state index in [4.69, 9.17) is 0 Å². The quantitative estimate of drug-likeness (QED) is 0.716. The summed E-state index contributed by atoms with van der Waals surface area (Å²) in [6.07, 6.45) is 6.65. The number of rotatable bonds is 7. The fraction of sp³-hybridized carbons (Fsp3) is 0.579. The Hall–Kier alpha value is -1.88. The Kier molecular flexibility index (Phi) is 7.25. The molecule has 2 rings (SSSR count). The fourth-order valence-corrected chi connectivity index (χ4v) is 2.97. The van der Waals surface area contributed by atoms with Gasteiger partial charge in [-0.25, -0.2) is 0 Å². The molecule has 0 heterocycles. The van der Waals surface area contributed by atoms with Crippen LogP contribution in [0.3, 0.4) is 0 Å². The molecule has 0 atom stereocenters. The van der Waals surface area contributed by atoms with Gasteiger partial charge in [0, 0.05) is 23.8 Å². The van der Waals surface area contributed by atoms with Crippen LogP contribution in [0.15, 0.2) is 24.3 Å². The largest absolute Gasteiger partial charge is 0.326 e. The molecule has 1 aromatic carbocycles. The van der Waals surface area contributed by atoms with Crippen LogP contribution in [0.5, 0.6) is 0 Å². The molecule has 1 fully saturated rings. The number of hydrogen-bond donors (Lipinski definition) is 3. The van der Waals surface area contributed by atoms with E-state index in [1.165, 1.54) is 19.3 Å². The van der Waals surface area contributed by atoms with Gasteiger partial charge in [-0.05, 0) is 43.0 Å². The van der Waals surface area contributed by atoms with E-state index in [2.05, 4.69) is 16.0 Å². The summed E-state index contributed by atoms with van der Waals surface area (Å²) in [6, 6.07) is 7.71. The monoisotopic (exact) mass is 331 g/mol. The van der Waals surface area contributed by atoms with Crippen LogP contribution in [-0.2, 0) is 9.59 Å². The number of nitrogens with one attached hydrogen (secondary N) is 3. The van der Waals surface area contributed by atoms with Crippen LogP contribution in [0.4, 0.5) is 11.4 Å². The van der Waals surface area contributed by atoms with E-state index in [1.807, 2.05) is 38.1 Å². The molecule has 0 aliphatic heterocycles. The molecule has 132 valence electrons. The summed E-state index contributed by atoms with van der Waals surface area (Å²) in [6.45, 7) is 4.37. The first-order valence-electron chi connectivity index (χ1n) is 8.96. The number of carbonyl (C=O) groups is 2. The summed E-state index contributed by atoms with van der Waals surface area (Å²) < 4.78 is 0. The minimum absolute atomic E-state index is 0.0125. The molecular formula is C19H29N3O2. The maximum atomic E-state index is 12.0. The predicted octanol–water partition coefficient (Wildman–Crippen LogP) is 3.53. The lowest BCUT2D eigenvalue weighted by Gasteiger charge is -2.22. The zero-order valence-corrected chi connectivity index (χ0v) is 14.7. The van der Waals surface area contributed by atoms with Crippen LogP contribution < -0.4 is 16.0 Å². The van der Waals surface area contributed by atoms with Crippen LogP contribution >= 0.6 is 0 Å². The van der Waals surface area contributed by atoms with Crippen molar-refractivity contribution in [1.29, 1.82) is 0 Å². The Morgan fingerprint density at radius 1 is 0.958 bits per heavy atom. The maximum Gasteiger partial charge on any atom is 0.238 e. The summed E-state index contributed by atoms with van der Waals surface area (Å²) >= 11 is 0. The smallest absolute Gasteiger partial charge is 0.238 e. The summed E-state index contributed by atoms with van der Waals surface area (Å²) in [7, 11) is 0. The molecule has 5 nitrogen and oxygen atoms in total. The molecule has 1 saturated carbocycles. The topological polar surface area (TPSA) is 70.2 Å². The first-order chi connectivity index (χ1) is 11.5. The van der Waals surface area contributed by atoms with Crippen molar-refractivity contribution in [1.82, 2.24) is 5.32 Å². The molecule has 1 aliphatic carbocycles. The van der Waals surface area contributed by atoms with Gasteiger partial charge in [-0.3, -0.25) is 9.59 Å². The van der Waals surface area contributed by atoms with Crippen LogP contribution in [0.2, 0.25) is 0 Å². The highest BCUT2D eigenvalue weighted by Crippen LogP contribution is 2.17. The van der Waals surface area contributed by atoms with Crippen LogP contribution in [0.25, 0.3) is 0 Å². The average molecular weight is 331 g/mol. The third kappa shape index (κ3) is 6.71. The van der Waals surface area contributed by atoms with Crippen LogP contribution in [0, 0.1) is 5.92 Å². The Balaban J connectivity index is 1.74. The van der Waals surface area contributed by atoms with Gasteiger partial charge in [0.25, 0.3) is 0 Å². The van der Waals surface area contributed by atoms with Gasteiger partial charge < -0.3 is 16.0 Å². The standard InChI is InChI=1S/C19H29N3O2/c1-14(2)12-18(23)21-16-8-10-17(11-9-16)22-19(24)13-20-15-6-4-3-5-7-15/h8-11,14-15,20H,3-7,12-13H2,1-2H3,(H,21,23)(H,22,24). The van der Waals surface area contributed by atoms with Crippen molar-refractivity contribution < 1.29 is 9.59 Å². The second kappa shape index (κ2) is 9.42. The van der Waals surface area contributed by atoms with Gasteiger partial charge in [-0.15, -0.1) is 0 Å². The lowest BCUT2D eigenvalue weighted by atomic mass is 9.95. The highest BCUT2D eigenvalue weighted by Gasteiger charge is 2.14. The number of carbonyl (C=O) groups excluding carboxylic acids is 2. The molecule has 2 amide bonds. The SMILES string of the molecule is CC(C)CC(=O)Nc1ccc(NC(=O)CNC2CCCCC2)cc1. The first kappa shape index (κ1) is 18.5. The second-order valence-electron chi connectivity index (χ2n) is 6.99. The van der Waals surface area contributed by atoms with Crippen LogP contribution in [-0.4, -0.2) is 24.4 Å². The number of amides is 2. The van der Waals surface area contributed by atoms with Gasteiger partial charge in [0.15, 0.2) is 0 Å². The van der Waals surface area contributed by atoms with E-state index in [-0.39, 0.29) is 11.8 Å². The van der Waals surface area contributed by atoms with Gasteiger partial charge in [0.2, 0.25) is 11.8 Å². The molecule has 0 saturated heterocycles. The van der Waals surface area contributed by atoms with Gasteiger partial charge in [0.05, 0.1) is 6.54 Å². The van der Waals surface area contributed by atoms with E-state index in [0.717, 1.165) is 24.2 Å². The Morgan fingerprint density at radius 2 is 1.50 bits per heavy atom. The molecule has 5 heteroatoms. The summed E-state index contributed by atoms with van der Waals surface area (Å²) in [5.74, 6) is 0.316. The zero-order valence-electron chi connectivity index (χ0n) is 14.7. The number of hydrogen-bond acceptors (Lipinski definition) is 3. The van der Waals surface area contributed by atoms with E-state index < -0.39 is 0 Å². The molecule has 1 aliphatic rings. The Labute approximate surface area is 144 Å².